The quantitative estimate of drug-likeness (QED) is 0.789. The maximum absolute atomic E-state index is 11.6. The molecule has 0 saturated heterocycles. The second-order valence-corrected chi connectivity index (χ2v) is 6.43. The molecule has 1 rings (SSSR count). The van der Waals surface area contributed by atoms with Crippen molar-refractivity contribution in [2.45, 2.75) is 25.2 Å². The van der Waals surface area contributed by atoms with Crippen LogP contribution in [-0.4, -0.2) is 28.1 Å². The van der Waals surface area contributed by atoms with Crippen LogP contribution in [0.5, 0.6) is 0 Å². The summed E-state index contributed by atoms with van der Waals surface area (Å²) >= 11 is 3.66. The van der Waals surface area contributed by atoms with Crippen molar-refractivity contribution in [3.63, 3.8) is 0 Å². The number of anilines is 1. The second-order valence-electron chi connectivity index (χ2n) is 3.82. The Morgan fingerprint density at radius 3 is 2.82 bits per heavy atom. The molecule has 94 valence electrons. The molecule has 1 aromatic carbocycles. The van der Waals surface area contributed by atoms with E-state index in [1.165, 1.54) is 11.8 Å². The number of hydrogen-bond donors (Lipinski definition) is 2. The number of nitrogens with one attached hydrogen (secondary N) is 1. The van der Waals surface area contributed by atoms with Crippen LogP contribution < -0.4 is 5.32 Å². The van der Waals surface area contributed by atoms with Crippen molar-refractivity contribution >= 4 is 45.9 Å². The summed E-state index contributed by atoms with van der Waals surface area (Å²) in [5.41, 5.74) is 0.812. The van der Waals surface area contributed by atoms with Gasteiger partial charge in [-0.2, -0.15) is 0 Å². The number of thioether (sulfide) groups is 1. The topological polar surface area (TPSA) is 49.3 Å². The highest BCUT2D eigenvalue weighted by Crippen LogP contribution is 2.16. The molecule has 17 heavy (non-hydrogen) atoms. The molecule has 0 heterocycles. The first-order valence-corrected chi connectivity index (χ1v) is 7.47. The first-order chi connectivity index (χ1) is 7.99. The van der Waals surface area contributed by atoms with E-state index in [-0.39, 0.29) is 11.2 Å². The molecule has 1 amide bonds. The van der Waals surface area contributed by atoms with Gasteiger partial charge in [0, 0.05) is 14.5 Å². The summed E-state index contributed by atoms with van der Waals surface area (Å²) in [6.07, 6.45) is -0.398. The van der Waals surface area contributed by atoms with E-state index < -0.39 is 6.10 Å². The third kappa shape index (κ3) is 5.74. The van der Waals surface area contributed by atoms with Gasteiger partial charge in [-0.05, 0) is 47.7 Å². The summed E-state index contributed by atoms with van der Waals surface area (Å²) in [7, 11) is 0. The van der Waals surface area contributed by atoms with Gasteiger partial charge in [-0.25, -0.2) is 0 Å². The third-order valence-electron chi connectivity index (χ3n) is 2.27. The van der Waals surface area contributed by atoms with Crippen LogP contribution >= 0.6 is 34.4 Å². The molecule has 2 atom stereocenters. The number of halogens is 1. The van der Waals surface area contributed by atoms with E-state index in [0.29, 0.717) is 5.75 Å². The van der Waals surface area contributed by atoms with Crippen molar-refractivity contribution in [3.05, 3.63) is 27.8 Å². The fraction of sp³-hybridized carbons (Fsp3) is 0.417. The Morgan fingerprint density at radius 2 is 2.24 bits per heavy atom. The molecule has 0 fully saturated rings. The van der Waals surface area contributed by atoms with Crippen LogP contribution in [0.2, 0.25) is 0 Å². The summed E-state index contributed by atoms with van der Waals surface area (Å²) in [5, 5.41) is 12.2. The molecule has 2 N–H and O–H groups in total. The van der Waals surface area contributed by atoms with Crippen LogP contribution in [0.25, 0.3) is 0 Å². The minimum atomic E-state index is -0.398. The van der Waals surface area contributed by atoms with Crippen LogP contribution in [-0.2, 0) is 4.79 Å². The lowest BCUT2D eigenvalue weighted by Gasteiger charge is -2.13. The van der Waals surface area contributed by atoms with E-state index in [9.17, 15) is 9.90 Å². The lowest BCUT2D eigenvalue weighted by molar-refractivity contribution is -0.113. The zero-order chi connectivity index (χ0) is 12.8. The van der Waals surface area contributed by atoms with E-state index >= 15 is 0 Å². The Morgan fingerprint density at radius 1 is 1.53 bits per heavy atom. The summed E-state index contributed by atoms with van der Waals surface area (Å²) in [5.74, 6) is 0.321. The smallest absolute Gasteiger partial charge is 0.234 e. The number of aliphatic hydroxyl groups is 1. The Kier molecular flexibility index (Phi) is 6.29. The van der Waals surface area contributed by atoms with Gasteiger partial charge in [-0.3, -0.25) is 4.79 Å². The Bertz CT molecular complexity index is 385. The standard InChI is InChI=1S/C12H16INO2S/c1-8(15)9(2)17-7-12(16)14-11-5-3-4-10(13)6-11/h3-6,8-9,15H,7H2,1-2H3,(H,14,16). The molecule has 2 unspecified atom stereocenters. The van der Waals surface area contributed by atoms with Gasteiger partial charge in [-0.1, -0.05) is 13.0 Å². The Hall–Kier alpha value is -0.270. The number of amides is 1. The van der Waals surface area contributed by atoms with Crippen molar-refractivity contribution in [1.82, 2.24) is 0 Å². The van der Waals surface area contributed by atoms with Gasteiger partial charge in [-0.15, -0.1) is 11.8 Å². The van der Waals surface area contributed by atoms with E-state index in [1.54, 1.807) is 6.92 Å². The molecule has 0 aromatic heterocycles. The maximum Gasteiger partial charge on any atom is 0.234 e. The van der Waals surface area contributed by atoms with Crippen LogP contribution in [0.4, 0.5) is 5.69 Å². The van der Waals surface area contributed by atoms with Crippen LogP contribution in [0.1, 0.15) is 13.8 Å². The highest BCUT2D eigenvalue weighted by molar-refractivity contribution is 14.1. The van der Waals surface area contributed by atoms with Crippen molar-refractivity contribution in [2.24, 2.45) is 0 Å². The summed E-state index contributed by atoms with van der Waals surface area (Å²) in [6.45, 7) is 3.64. The number of carbonyl (C=O) groups is 1. The van der Waals surface area contributed by atoms with Crippen LogP contribution in [0, 0.1) is 3.57 Å². The molecule has 0 bridgehead atoms. The van der Waals surface area contributed by atoms with Gasteiger partial charge in [0.15, 0.2) is 0 Å². The number of benzene rings is 1. The predicted octanol–water partition coefficient (Wildman–Crippen LogP) is 2.73. The molecule has 0 saturated carbocycles. The van der Waals surface area contributed by atoms with E-state index in [4.69, 9.17) is 0 Å². The molecule has 0 radical (unpaired) electrons. The van der Waals surface area contributed by atoms with Crippen molar-refractivity contribution in [2.75, 3.05) is 11.1 Å². The first-order valence-electron chi connectivity index (χ1n) is 5.34. The minimum absolute atomic E-state index is 0.0375. The van der Waals surface area contributed by atoms with Gasteiger partial charge in [0.05, 0.1) is 11.9 Å². The fourth-order valence-electron chi connectivity index (χ4n) is 1.11. The van der Waals surface area contributed by atoms with E-state index in [0.717, 1.165) is 9.26 Å². The van der Waals surface area contributed by atoms with Gasteiger partial charge in [0.1, 0.15) is 0 Å². The van der Waals surface area contributed by atoms with Gasteiger partial charge in [0.25, 0.3) is 0 Å². The third-order valence-corrected chi connectivity index (χ3v) is 4.28. The molecule has 0 spiro atoms. The van der Waals surface area contributed by atoms with Crippen molar-refractivity contribution in [3.8, 4) is 0 Å². The molecule has 5 heteroatoms. The largest absolute Gasteiger partial charge is 0.392 e. The van der Waals surface area contributed by atoms with Gasteiger partial charge >= 0.3 is 0 Å². The lowest BCUT2D eigenvalue weighted by Crippen LogP contribution is -2.20. The van der Waals surface area contributed by atoms with Crippen LogP contribution in [0.15, 0.2) is 24.3 Å². The predicted molar refractivity (Wildman–Crippen MR) is 81.4 cm³/mol. The normalized spacial score (nSPS) is 14.1. The molecule has 0 aliphatic carbocycles. The molecular weight excluding hydrogens is 349 g/mol. The molecule has 0 aliphatic rings. The van der Waals surface area contributed by atoms with Crippen molar-refractivity contribution in [1.29, 1.82) is 0 Å². The molecule has 0 aliphatic heterocycles. The van der Waals surface area contributed by atoms with E-state index in [1.807, 2.05) is 31.2 Å². The fourth-order valence-corrected chi connectivity index (χ4v) is 2.42. The Balaban J connectivity index is 2.40. The lowest BCUT2D eigenvalue weighted by atomic mass is 10.3. The van der Waals surface area contributed by atoms with Crippen molar-refractivity contribution < 1.29 is 9.90 Å². The highest BCUT2D eigenvalue weighted by atomic mass is 127. The zero-order valence-electron chi connectivity index (χ0n) is 9.81. The Labute approximate surface area is 120 Å². The number of hydrogen-bond acceptors (Lipinski definition) is 3. The van der Waals surface area contributed by atoms with Gasteiger partial charge in [0.2, 0.25) is 5.91 Å². The van der Waals surface area contributed by atoms with E-state index in [2.05, 4.69) is 27.9 Å². The summed E-state index contributed by atoms with van der Waals surface area (Å²) in [4.78, 5) is 11.6. The number of carbonyl (C=O) groups excluding carboxylic acids is 1. The minimum Gasteiger partial charge on any atom is -0.392 e. The number of rotatable bonds is 5. The highest BCUT2D eigenvalue weighted by Gasteiger charge is 2.11. The zero-order valence-corrected chi connectivity index (χ0v) is 12.8. The molecular formula is C12H16INO2S. The SMILES string of the molecule is CC(O)C(C)SCC(=O)Nc1cccc(I)c1. The molecule has 1 aromatic rings. The van der Waals surface area contributed by atoms with Gasteiger partial charge < -0.3 is 10.4 Å². The second kappa shape index (κ2) is 7.23. The summed E-state index contributed by atoms with van der Waals surface area (Å²) < 4.78 is 1.09. The average molecular weight is 365 g/mol. The van der Waals surface area contributed by atoms with Crippen LogP contribution in [0.3, 0.4) is 0 Å². The monoisotopic (exact) mass is 365 g/mol. The summed E-state index contributed by atoms with van der Waals surface area (Å²) in [6, 6.07) is 7.66. The first kappa shape index (κ1) is 14.8. The number of aliphatic hydroxyl groups excluding tert-OH is 1. The maximum atomic E-state index is 11.6. The molecule has 3 nitrogen and oxygen atoms in total. The average Bonchev–Trinajstić information content (AvgIpc) is 2.25.